The van der Waals surface area contributed by atoms with Crippen LogP contribution >= 0.6 is 0 Å². The summed E-state index contributed by atoms with van der Waals surface area (Å²) in [5.74, 6) is -0.0881. The molecule has 4 heteroatoms. The molecule has 0 unspecified atom stereocenters. The van der Waals surface area contributed by atoms with Gasteiger partial charge in [-0.1, -0.05) is 19.3 Å². The quantitative estimate of drug-likeness (QED) is 0.751. The molecular weight excluding hydrogens is 220 g/mol. The molecular formula is C13H16O4. The fourth-order valence-electron chi connectivity index (χ4n) is 2.15. The number of carbonyl (C=O) groups excluding carboxylic acids is 1. The van der Waals surface area contributed by atoms with E-state index in [1.165, 1.54) is 6.07 Å². The van der Waals surface area contributed by atoms with E-state index in [-0.39, 0.29) is 17.1 Å². The van der Waals surface area contributed by atoms with Gasteiger partial charge in [0.1, 0.15) is 17.1 Å². The van der Waals surface area contributed by atoms with Crippen molar-refractivity contribution in [1.29, 1.82) is 0 Å². The average molecular weight is 236 g/mol. The van der Waals surface area contributed by atoms with Gasteiger partial charge in [-0.2, -0.15) is 0 Å². The maximum Gasteiger partial charge on any atom is 0.350 e. The lowest BCUT2D eigenvalue weighted by atomic mass is 10.0. The monoisotopic (exact) mass is 236 g/mol. The standard InChI is InChI=1S/C13H16O4/c14-10-7-5-3-1-2-4-6-9-8-11(15)12(10)13(16)17-9/h8,15H,1-7H2. The second kappa shape index (κ2) is 5.17. The van der Waals surface area contributed by atoms with Crippen molar-refractivity contribution in [1.82, 2.24) is 0 Å². The van der Waals surface area contributed by atoms with Gasteiger partial charge in [-0.05, 0) is 12.8 Å². The van der Waals surface area contributed by atoms with E-state index in [0.717, 1.165) is 32.1 Å². The first-order valence-electron chi connectivity index (χ1n) is 6.07. The summed E-state index contributed by atoms with van der Waals surface area (Å²) in [6.07, 6.45) is 5.79. The van der Waals surface area contributed by atoms with Crippen molar-refractivity contribution in [2.45, 2.75) is 44.9 Å². The van der Waals surface area contributed by atoms with E-state index in [2.05, 4.69) is 0 Å². The molecule has 0 saturated heterocycles. The van der Waals surface area contributed by atoms with Crippen LogP contribution in [0, 0.1) is 0 Å². The maximum atomic E-state index is 11.8. The number of carbonyl (C=O) groups is 1. The maximum absolute atomic E-state index is 11.8. The molecule has 4 nitrogen and oxygen atoms in total. The van der Waals surface area contributed by atoms with E-state index < -0.39 is 5.63 Å². The lowest BCUT2D eigenvalue weighted by molar-refractivity contribution is 0.0971. The second-order valence-corrected chi connectivity index (χ2v) is 4.45. The fraction of sp³-hybridized carbons (Fsp3) is 0.538. The Kier molecular flexibility index (Phi) is 3.61. The molecule has 2 heterocycles. The van der Waals surface area contributed by atoms with Gasteiger partial charge in [0.15, 0.2) is 5.78 Å². The van der Waals surface area contributed by atoms with Crippen molar-refractivity contribution in [3.63, 3.8) is 0 Å². The Morgan fingerprint density at radius 1 is 1.00 bits per heavy atom. The van der Waals surface area contributed by atoms with Gasteiger partial charge >= 0.3 is 5.63 Å². The second-order valence-electron chi connectivity index (χ2n) is 4.45. The molecule has 2 bridgehead atoms. The minimum atomic E-state index is -0.703. The molecule has 17 heavy (non-hydrogen) atoms. The molecule has 0 saturated carbocycles. The third kappa shape index (κ3) is 2.75. The van der Waals surface area contributed by atoms with E-state index in [1.54, 1.807) is 0 Å². The molecule has 3 rings (SSSR count). The van der Waals surface area contributed by atoms with E-state index >= 15 is 0 Å². The lowest BCUT2D eigenvalue weighted by Crippen LogP contribution is -2.15. The Hall–Kier alpha value is -1.58. The molecule has 1 N–H and O–H groups in total. The van der Waals surface area contributed by atoms with Gasteiger partial charge in [-0.3, -0.25) is 4.79 Å². The van der Waals surface area contributed by atoms with E-state index in [4.69, 9.17) is 4.42 Å². The van der Waals surface area contributed by atoms with Gasteiger partial charge in [0.05, 0.1) is 0 Å². The van der Waals surface area contributed by atoms with Gasteiger partial charge in [0, 0.05) is 18.9 Å². The average Bonchev–Trinajstić information content (AvgIpc) is 2.25. The Bertz CT molecular complexity index is 473. The number of aromatic hydroxyl groups is 1. The summed E-state index contributed by atoms with van der Waals surface area (Å²) >= 11 is 0. The molecule has 0 spiro atoms. The SMILES string of the molecule is O=C1CCCCCCCc2cc(O)c1c(=O)o2. The zero-order chi connectivity index (χ0) is 12.3. The number of ketones is 1. The normalized spacial score (nSPS) is 17.5. The number of fused-ring (bicyclic) bond motifs is 9. The summed E-state index contributed by atoms with van der Waals surface area (Å²) in [5, 5.41) is 9.71. The number of Topliss-reactive ketones (excluding diaryl/α,β-unsaturated/α-hetero) is 1. The topological polar surface area (TPSA) is 67.5 Å². The Morgan fingerprint density at radius 3 is 2.35 bits per heavy atom. The summed E-state index contributed by atoms with van der Waals surface area (Å²) in [6, 6.07) is 1.40. The van der Waals surface area contributed by atoms with Crippen molar-refractivity contribution in [2.24, 2.45) is 0 Å². The van der Waals surface area contributed by atoms with Crippen molar-refractivity contribution in [2.75, 3.05) is 0 Å². The largest absolute Gasteiger partial charge is 0.507 e. The number of aryl methyl sites for hydroxylation is 1. The molecule has 0 aromatic carbocycles. The molecule has 1 aromatic heterocycles. The van der Waals surface area contributed by atoms with Crippen molar-refractivity contribution >= 4 is 5.78 Å². The van der Waals surface area contributed by atoms with Gasteiger partial charge < -0.3 is 9.52 Å². The van der Waals surface area contributed by atoms with Crippen LogP contribution in [0.15, 0.2) is 15.3 Å². The van der Waals surface area contributed by atoms with Crippen molar-refractivity contribution in [3.05, 3.63) is 27.8 Å². The molecule has 2 aliphatic rings. The molecule has 1 aromatic rings. The molecule has 0 radical (unpaired) electrons. The van der Waals surface area contributed by atoms with Crippen LogP contribution in [-0.2, 0) is 6.42 Å². The van der Waals surface area contributed by atoms with Crippen LogP contribution in [0.25, 0.3) is 0 Å². The summed E-state index contributed by atoms with van der Waals surface area (Å²) in [7, 11) is 0. The summed E-state index contributed by atoms with van der Waals surface area (Å²) < 4.78 is 5.05. The zero-order valence-corrected chi connectivity index (χ0v) is 9.70. The third-order valence-corrected chi connectivity index (χ3v) is 3.09. The highest BCUT2D eigenvalue weighted by Crippen LogP contribution is 2.20. The number of hydrogen-bond donors (Lipinski definition) is 1. The van der Waals surface area contributed by atoms with Gasteiger partial charge in [-0.15, -0.1) is 0 Å². The van der Waals surface area contributed by atoms with Crippen molar-refractivity contribution < 1.29 is 14.3 Å². The van der Waals surface area contributed by atoms with E-state index in [9.17, 15) is 14.7 Å². The Morgan fingerprint density at radius 2 is 1.65 bits per heavy atom. The molecule has 0 amide bonds. The van der Waals surface area contributed by atoms with Crippen LogP contribution < -0.4 is 5.63 Å². The Balaban J connectivity index is 2.40. The molecule has 92 valence electrons. The van der Waals surface area contributed by atoms with Crippen LogP contribution in [0.2, 0.25) is 0 Å². The van der Waals surface area contributed by atoms with Gasteiger partial charge in [-0.25, -0.2) is 4.79 Å². The number of hydrogen-bond acceptors (Lipinski definition) is 4. The summed E-state index contributed by atoms with van der Waals surface area (Å²) in [6.45, 7) is 0. The minimum absolute atomic E-state index is 0.186. The first kappa shape index (κ1) is 11.9. The van der Waals surface area contributed by atoms with E-state index in [1.807, 2.05) is 0 Å². The number of rotatable bonds is 0. The predicted molar refractivity (Wildman–Crippen MR) is 62.4 cm³/mol. The van der Waals surface area contributed by atoms with Crippen LogP contribution in [0.3, 0.4) is 0 Å². The third-order valence-electron chi connectivity index (χ3n) is 3.09. The van der Waals surface area contributed by atoms with Crippen molar-refractivity contribution in [3.8, 4) is 5.75 Å². The molecule has 1 aliphatic carbocycles. The van der Waals surface area contributed by atoms with Crippen LogP contribution in [-0.4, -0.2) is 10.9 Å². The smallest absolute Gasteiger partial charge is 0.350 e. The van der Waals surface area contributed by atoms with Gasteiger partial charge in [0.2, 0.25) is 0 Å². The highest BCUT2D eigenvalue weighted by Gasteiger charge is 2.18. The fourth-order valence-corrected chi connectivity index (χ4v) is 2.15. The Labute approximate surface area is 99.3 Å². The highest BCUT2D eigenvalue weighted by molar-refractivity contribution is 5.97. The van der Waals surface area contributed by atoms with Crippen LogP contribution in [0.5, 0.6) is 5.75 Å². The summed E-state index contributed by atoms with van der Waals surface area (Å²) in [4.78, 5) is 23.4. The lowest BCUT2D eigenvalue weighted by Gasteiger charge is -2.07. The zero-order valence-electron chi connectivity index (χ0n) is 9.70. The van der Waals surface area contributed by atoms with Crippen LogP contribution in [0.1, 0.15) is 54.6 Å². The first-order valence-corrected chi connectivity index (χ1v) is 6.07. The highest BCUT2D eigenvalue weighted by atomic mass is 16.4. The summed E-state index contributed by atoms with van der Waals surface area (Å²) in [5.41, 5.74) is -0.889. The molecule has 0 atom stereocenters. The predicted octanol–water partition coefficient (Wildman–Crippen LogP) is 2.42. The van der Waals surface area contributed by atoms with Crippen LogP contribution in [0.4, 0.5) is 0 Å². The van der Waals surface area contributed by atoms with Gasteiger partial charge in [0.25, 0.3) is 0 Å². The van der Waals surface area contributed by atoms with E-state index in [0.29, 0.717) is 18.6 Å². The molecule has 1 aliphatic heterocycles. The first-order chi connectivity index (χ1) is 8.18. The minimum Gasteiger partial charge on any atom is -0.507 e. The molecule has 0 fully saturated rings.